The minimum Gasteiger partial charge on any atom is -0.493 e. The molecule has 0 fully saturated rings. The minimum atomic E-state index is -0.845. The van der Waals surface area contributed by atoms with Crippen LogP contribution in [0.2, 0.25) is 0 Å². The summed E-state index contributed by atoms with van der Waals surface area (Å²) in [5, 5.41) is 2.86. The van der Waals surface area contributed by atoms with Crippen LogP contribution in [0, 0.1) is 0 Å². The van der Waals surface area contributed by atoms with Crippen LogP contribution in [-0.2, 0) is 11.3 Å². The smallest absolute Gasteiger partial charge is 0.240 e. The summed E-state index contributed by atoms with van der Waals surface area (Å²) in [6, 6.07) is 3.72. The fraction of sp³-hybridized carbons (Fsp3) is 0.533. The fourth-order valence-electron chi connectivity index (χ4n) is 2.09. The van der Waals surface area contributed by atoms with Crippen LogP contribution >= 0.6 is 28.3 Å². The molecule has 1 rings (SSSR count). The molecule has 0 saturated carbocycles. The number of rotatable bonds is 7. The van der Waals surface area contributed by atoms with Crippen molar-refractivity contribution in [2.75, 3.05) is 14.2 Å². The first-order valence-corrected chi connectivity index (χ1v) is 7.62. The van der Waals surface area contributed by atoms with Gasteiger partial charge in [-0.05, 0) is 47.0 Å². The Balaban J connectivity index is 0.00000441. The molecule has 3 N–H and O–H groups in total. The maximum atomic E-state index is 12.1. The second-order valence-corrected chi connectivity index (χ2v) is 6.02. The van der Waals surface area contributed by atoms with Gasteiger partial charge in [0.2, 0.25) is 5.91 Å². The third kappa shape index (κ3) is 5.34. The Morgan fingerprint density at radius 2 is 2.00 bits per heavy atom. The van der Waals surface area contributed by atoms with Crippen LogP contribution in [0.1, 0.15) is 32.3 Å². The molecule has 0 heterocycles. The molecule has 1 aromatic carbocycles. The third-order valence-corrected chi connectivity index (χ3v) is 3.82. The number of ether oxygens (including phenoxy) is 2. The lowest BCUT2D eigenvalue weighted by Crippen LogP contribution is -2.51. The van der Waals surface area contributed by atoms with Crippen molar-refractivity contribution in [1.82, 2.24) is 5.32 Å². The lowest BCUT2D eigenvalue weighted by molar-refractivity contribution is -0.126. The van der Waals surface area contributed by atoms with Gasteiger partial charge < -0.3 is 20.5 Å². The summed E-state index contributed by atoms with van der Waals surface area (Å²) in [5.74, 6) is 1.08. The summed E-state index contributed by atoms with van der Waals surface area (Å²) in [5.41, 5.74) is 6.06. The van der Waals surface area contributed by atoms with E-state index in [1.807, 2.05) is 19.1 Å². The van der Waals surface area contributed by atoms with E-state index >= 15 is 0 Å². The van der Waals surface area contributed by atoms with Crippen LogP contribution in [0.5, 0.6) is 11.5 Å². The van der Waals surface area contributed by atoms with Gasteiger partial charge in [-0.15, -0.1) is 12.4 Å². The zero-order chi connectivity index (χ0) is 16.0. The predicted octanol–water partition coefficient (Wildman–Crippen LogP) is 3.02. The summed E-state index contributed by atoms with van der Waals surface area (Å²) < 4.78 is 11.3. The van der Waals surface area contributed by atoms with Crippen LogP contribution in [0.15, 0.2) is 16.6 Å². The number of benzene rings is 1. The Morgan fingerprint density at radius 1 is 1.36 bits per heavy atom. The fourth-order valence-corrected chi connectivity index (χ4v) is 2.74. The monoisotopic (exact) mass is 394 g/mol. The molecule has 0 bridgehead atoms. The molecule has 22 heavy (non-hydrogen) atoms. The summed E-state index contributed by atoms with van der Waals surface area (Å²) in [6.45, 7) is 4.13. The van der Waals surface area contributed by atoms with Crippen LogP contribution in [0.3, 0.4) is 0 Å². The molecule has 0 radical (unpaired) electrons. The summed E-state index contributed by atoms with van der Waals surface area (Å²) in [4.78, 5) is 12.1. The van der Waals surface area contributed by atoms with Crippen molar-refractivity contribution in [2.24, 2.45) is 5.73 Å². The Bertz CT molecular complexity index is 510. The first-order valence-electron chi connectivity index (χ1n) is 6.83. The van der Waals surface area contributed by atoms with E-state index in [-0.39, 0.29) is 18.3 Å². The molecule has 0 aliphatic carbocycles. The molecule has 126 valence electrons. The Hall–Kier alpha value is -0.980. The number of amides is 1. The molecule has 0 aliphatic rings. The highest BCUT2D eigenvalue weighted by Crippen LogP contribution is 2.36. The van der Waals surface area contributed by atoms with Gasteiger partial charge in [0.05, 0.1) is 24.2 Å². The van der Waals surface area contributed by atoms with Gasteiger partial charge in [-0.3, -0.25) is 4.79 Å². The summed E-state index contributed by atoms with van der Waals surface area (Å²) in [6.07, 6.45) is 1.51. The molecule has 1 amide bonds. The van der Waals surface area contributed by atoms with Crippen molar-refractivity contribution >= 4 is 34.2 Å². The number of hydrogen-bond acceptors (Lipinski definition) is 4. The standard InChI is InChI=1S/C15H23BrN2O3.ClH/c1-5-6-15(2,17)14(19)18-9-10-7-11(16)13(21-4)12(8-10)20-3;/h7-8H,5-6,9,17H2,1-4H3,(H,18,19);1H. The Labute approximate surface area is 146 Å². The van der Waals surface area contributed by atoms with Gasteiger partial charge in [0.15, 0.2) is 11.5 Å². The van der Waals surface area contributed by atoms with E-state index in [9.17, 15) is 4.79 Å². The average Bonchev–Trinajstić information content (AvgIpc) is 2.43. The molecule has 1 aromatic rings. The van der Waals surface area contributed by atoms with Gasteiger partial charge in [0, 0.05) is 6.54 Å². The van der Waals surface area contributed by atoms with E-state index in [0.29, 0.717) is 24.5 Å². The molecular weight excluding hydrogens is 372 g/mol. The first kappa shape index (κ1) is 21.0. The van der Waals surface area contributed by atoms with Crippen LogP contribution in [0.25, 0.3) is 0 Å². The van der Waals surface area contributed by atoms with Crippen molar-refractivity contribution in [3.63, 3.8) is 0 Å². The normalized spacial score (nSPS) is 12.8. The highest BCUT2D eigenvalue weighted by Gasteiger charge is 2.26. The third-order valence-electron chi connectivity index (χ3n) is 3.23. The van der Waals surface area contributed by atoms with E-state index in [0.717, 1.165) is 16.5 Å². The average molecular weight is 396 g/mol. The molecular formula is C15H24BrClN2O3. The zero-order valence-electron chi connectivity index (χ0n) is 13.4. The van der Waals surface area contributed by atoms with Gasteiger partial charge in [-0.25, -0.2) is 0 Å². The molecule has 1 unspecified atom stereocenters. The molecule has 0 saturated heterocycles. The van der Waals surface area contributed by atoms with Crippen LogP contribution in [0.4, 0.5) is 0 Å². The second kappa shape index (κ2) is 9.22. The zero-order valence-corrected chi connectivity index (χ0v) is 15.8. The quantitative estimate of drug-likeness (QED) is 0.744. The lowest BCUT2D eigenvalue weighted by Gasteiger charge is -2.23. The van der Waals surface area contributed by atoms with E-state index in [1.54, 1.807) is 21.1 Å². The van der Waals surface area contributed by atoms with Crippen LogP contribution in [-0.4, -0.2) is 25.7 Å². The highest BCUT2D eigenvalue weighted by atomic mass is 79.9. The maximum absolute atomic E-state index is 12.1. The van der Waals surface area contributed by atoms with Crippen molar-refractivity contribution in [1.29, 1.82) is 0 Å². The maximum Gasteiger partial charge on any atom is 0.240 e. The lowest BCUT2D eigenvalue weighted by atomic mass is 9.96. The molecule has 0 spiro atoms. The molecule has 1 atom stereocenters. The number of carbonyl (C=O) groups excluding carboxylic acids is 1. The number of nitrogens with two attached hydrogens (primary N) is 1. The van der Waals surface area contributed by atoms with E-state index in [4.69, 9.17) is 15.2 Å². The SMILES string of the molecule is CCCC(C)(N)C(=O)NCc1cc(Br)c(OC)c(OC)c1.Cl. The largest absolute Gasteiger partial charge is 0.493 e. The number of nitrogens with one attached hydrogen (secondary N) is 1. The Kier molecular flexibility index (Phi) is 8.81. The van der Waals surface area contributed by atoms with Crippen molar-refractivity contribution in [2.45, 2.75) is 38.8 Å². The molecule has 0 aromatic heterocycles. The minimum absolute atomic E-state index is 0. The number of halogens is 2. The number of hydrogen-bond donors (Lipinski definition) is 2. The summed E-state index contributed by atoms with van der Waals surface area (Å²) in [7, 11) is 3.15. The van der Waals surface area contributed by atoms with Crippen molar-refractivity contribution < 1.29 is 14.3 Å². The summed E-state index contributed by atoms with van der Waals surface area (Å²) >= 11 is 3.43. The second-order valence-electron chi connectivity index (χ2n) is 5.16. The van der Waals surface area contributed by atoms with Gasteiger partial charge in [-0.1, -0.05) is 13.3 Å². The first-order chi connectivity index (χ1) is 9.85. The van der Waals surface area contributed by atoms with Crippen molar-refractivity contribution in [3.05, 3.63) is 22.2 Å². The van der Waals surface area contributed by atoms with E-state index < -0.39 is 5.54 Å². The Morgan fingerprint density at radius 3 is 2.50 bits per heavy atom. The highest BCUT2D eigenvalue weighted by molar-refractivity contribution is 9.10. The van der Waals surface area contributed by atoms with E-state index in [1.165, 1.54) is 0 Å². The number of methoxy groups -OCH3 is 2. The molecule has 7 heteroatoms. The van der Waals surface area contributed by atoms with Gasteiger partial charge in [0.1, 0.15) is 0 Å². The van der Waals surface area contributed by atoms with Gasteiger partial charge >= 0.3 is 0 Å². The van der Waals surface area contributed by atoms with E-state index in [2.05, 4.69) is 21.2 Å². The van der Waals surface area contributed by atoms with Gasteiger partial charge in [0.25, 0.3) is 0 Å². The molecule has 0 aliphatic heterocycles. The van der Waals surface area contributed by atoms with Crippen molar-refractivity contribution in [3.8, 4) is 11.5 Å². The molecule has 5 nitrogen and oxygen atoms in total. The van der Waals surface area contributed by atoms with Gasteiger partial charge in [-0.2, -0.15) is 0 Å². The number of carbonyl (C=O) groups is 1. The predicted molar refractivity (Wildman–Crippen MR) is 93.8 cm³/mol. The van der Waals surface area contributed by atoms with Crippen LogP contribution < -0.4 is 20.5 Å². The topological polar surface area (TPSA) is 73.6 Å².